The highest BCUT2D eigenvalue weighted by molar-refractivity contribution is 5.84. The molecule has 2 nitrogen and oxygen atoms in total. The molecule has 0 aliphatic rings. The van der Waals surface area contributed by atoms with Crippen molar-refractivity contribution in [3.8, 4) is 12.3 Å². The Balaban J connectivity index is 2.49. The number of terminal acetylenes is 1. The zero-order valence-corrected chi connectivity index (χ0v) is 9.98. The molecule has 1 atom stereocenters. The first-order valence-electron chi connectivity index (χ1n) is 5.87. The molecular weight excluding hydrogens is 208 g/mol. The molecule has 0 saturated heterocycles. The number of nitrogens with one attached hydrogen (secondary N) is 1. The van der Waals surface area contributed by atoms with Crippen LogP contribution in [-0.2, 0) is 0 Å². The molecular formula is C15H16N2. The lowest BCUT2D eigenvalue weighted by Gasteiger charge is -2.16. The van der Waals surface area contributed by atoms with Crippen LogP contribution in [0.15, 0.2) is 36.5 Å². The van der Waals surface area contributed by atoms with Crippen LogP contribution in [0.5, 0.6) is 0 Å². The molecule has 2 heteroatoms. The Morgan fingerprint density at radius 3 is 2.94 bits per heavy atom. The molecule has 0 radical (unpaired) electrons. The van der Waals surface area contributed by atoms with Gasteiger partial charge in [0.2, 0.25) is 0 Å². The van der Waals surface area contributed by atoms with Crippen molar-refractivity contribution >= 4 is 10.8 Å². The Hall–Kier alpha value is -1.85. The summed E-state index contributed by atoms with van der Waals surface area (Å²) in [6.45, 7) is 2.96. The van der Waals surface area contributed by atoms with Crippen LogP contribution in [0.4, 0.5) is 0 Å². The van der Waals surface area contributed by atoms with Crippen molar-refractivity contribution in [2.45, 2.75) is 19.4 Å². The third-order valence-electron chi connectivity index (χ3n) is 2.81. The molecule has 1 unspecified atom stereocenters. The van der Waals surface area contributed by atoms with Crippen molar-refractivity contribution in [2.24, 2.45) is 0 Å². The molecule has 0 aliphatic carbocycles. The summed E-state index contributed by atoms with van der Waals surface area (Å²) in [6.07, 6.45) is 7.93. The Morgan fingerprint density at radius 1 is 1.35 bits per heavy atom. The van der Waals surface area contributed by atoms with E-state index in [4.69, 9.17) is 6.42 Å². The highest BCUT2D eigenvalue weighted by Crippen LogP contribution is 2.23. The molecule has 2 rings (SSSR count). The van der Waals surface area contributed by atoms with E-state index < -0.39 is 0 Å². The molecule has 1 heterocycles. The van der Waals surface area contributed by atoms with Gasteiger partial charge in [-0.1, -0.05) is 31.2 Å². The van der Waals surface area contributed by atoms with E-state index in [1.54, 1.807) is 0 Å². The number of hydrogen-bond acceptors (Lipinski definition) is 2. The lowest BCUT2D eigenvalue weighted by atomic mass is 10.0. The fourth-order valence-electron chi connectivity index (χ4n) is 2.05. The number of fused-ring (bicyclic) bond motifs is 1. The fraction of sp³-hybridized carbons (Fsp3) is 0.267. The highest BCUT2D eigenvalue weighted by Gasteiger charge is 2.13. The van der Waals surface area contributed by atoms with Crippen LogP contribution in [0.1, 0.15) is 25.1 Å². The number of nitrogens with zero attached hydrogens (tertiary/aromatic N) is 1. The Kier molecular flexibility index (Phi) is 3.74. The molecule has 17 heavy (non-hydrogen) atoms. The minimum Gasteiger partial charge on any atom is -0.308 e. The standard InChI is InChI=1S/C15H16N2/c1-3-7-14(16-4-2)15-13-9-6-5-8-12(13)10-11-17-15/h1,5-6,8-11,14,16H,4,7H2,2H3. The molecule has 2 aromatic rings. The topological polar surface area (TPSA) is 24.9 Å². The number of rotatable bonds is 4. The lowest BCUT2D eigenvalue weighted by Crippen LogP contribution is -2.21. The van der Waals surface area contributed by atoms with Gasteiger partial charge in [-0.3, -0.25) is 4.98 Å². The summed E-state index contributed by atoms with van der Waals surface area (Å²) in [6, 6.07) is 10.4. The first-order chi connectivity index (χ1) is 8.36. The Morgan fingerprint density at radius 2 is 2.18 bits per heavy atom. The number of hydrogen-bond donors (Lipinski definition) is 1. The van der Waals surface area contributed by atoms with E-state index in [1.807, 2.05) is 24.4 Å². The van der Waals surface area contributed by atoms with Crippen LogP contribution in [0.25, 0.3) is 10.8 Å². The Labute approximate surface area is 102 Å². The van der Waals surface area contributed by atoms with Gasteiger partial charge in [-0.05, 0) is 18.0 Å². The van der Waals surface area contributed by atoms with Gasteiger partial charge in [0, 0.05) is 18.0 Å². The summed E-state index contributed by atoms with van der Waals surface area (Å²) in [7, 11) is 0. The number of pyridine rings is 1. The molecule has 0 bridgehead atoms. The smallest absolute Gasteiger partial charge is 0.0661 e. The van der Waals surface area contributed by atoms with E-state index >= 15 is 0 Å². The highest BCUT2D eigenvalue weighted by atomic mass is 14.9. The van der Waals surface area contributed by atoms with Crippen molar-refractivity contribution in [3.05, 3.63) is 42.2 Å². The monoisotopic (exact) mass is 224 g/mol. The van der Waals surface area contributed by atoms with E-state index in [2.05, 4.69) is 35.3 Å². The summed E-state index contributed by atoms with van der Waals surface area (Å²) in [5.41, 5.74) is 1.04. The van der Waals surface area contributed by atoms with Gasteiger partial charge >= 0.3 is 0 Å². The molecule has 0 amide bonds. The van der Waals surface area contributed by atoms with E-state index in [0.717, 1.165) is 12.2 Å². The van der Waals surface area contributed by atoms with Gasteiger partial charge in [0.1, 0.15) is 0 Å². The zero-order chi connectivity index (χ0) is 12.1. The van der Waals surface area contributed by atoms with E-state index in [-0.39, 0.29) is 6.04 Å². The third kappa shape index (κ3) is 2.46. The van der Waals surface area contributed by atoms with Crippen molar-refractivity contribution in [1.29, 1.82) is 0 Å². The van der Waals surface area contributed by atoms with Crippen LogP contribution < -0.4 is 5.32 Å². The summed E-state index contributed by atoms with van der Waals surface area (Å²) in [5.74, 6) is 2.71. The van der Waals surface area contributed by atoms with Crippen LogP contribution in [0.2, 0.25) is 0 Å². The number of aromatic nitrogens is 1. The first-order valence-corrected chi connectivity index (χ1v) is 5.87. The summed E-state index contributed by atoms with van der Waals surface area (Å²) < 4.78 is 0. The van der Waals surface area contributed by atoms with Crippen LogP contribution in [-0.4, -0.2) is 11.5 Å². The molecule has 1 N–H and O–H groups in total. The molecule has 0 aliphatic heterocycles. The van der Waals surface area contributed by atoms with Gasteiger partial charge in [-0.2, -0.15) is 0 Å². The third-order valence-corrected chi connectivity index (χ3v) is 2.81. The van der Waals surface area contributed by atoms with Gasteiger partial charge in [0.05, 0.1) is 11.7 Å². The van der Waals surface area contributed by atoms with Crippen LogP contribution >= 0.6 is 0 Å². The van der Waals surface area contributed by atoms with Crippen LogP contribution in [0.3, 0.4) is 0 Å². The maximum absolute atomic E-state index is 5.42. The molecule has 0 spiro atoms. The SMILES string of the molecule is C#CCC(NCC)c1nccc2ccccc12. The Bertz CT molecular complexity index is 535. The molecule has 0 fully saturated rings. The maximum Gasteiger partial charge on any atom is 0.0661 e. The zero-order valence-electron chi connectivity index (χ0n) is 9.98. The second-order valence-corrected chi connectivity index (χ2v) is 3.94. The minimum atomic E-state index is 0.135. The average molecular weight is 224 g/mol. The van der Waals surface area contributed by atoms with Crippen molar-refractivity contribution in [2.75, 3.05) is 6.54 Å². The second-order valence-electron chi connectivity index (χ2n) is 3.94. The predicted octanol–water partition coefficient (Wildman–Crippen LogP) is 2.91. The minimum absolute atomic E-state index is 0.135. The molecule has 1 aromatic carbocycles. The van der Waals surface area contributed by atoms with E-state index in [1.165, 1.54) is 10.8 Å². The number of benzene rings is 1. The summed E-state index contributed by atoms with van der Waals surface area (Å²) in [4.78, 5) is 4.49. The van der Waals surface area contributed by atoms with Crippen LogP contribution in [0, 0.1) is 12.3 Å². The quantitative estimate of drug-likeness (QED) is 0.808. The maximum atomic E-state index is 5.42. The average Bonchev–Trinajstić information content (AvgIpc) is 2.38. The molecule has 0 saturated carbocycles. The first kappa shape index (κ1) is 11.6. The van der Waals surface area contributed by atoms with E-state index in [0.29, 0.717) is 6.42 Å². The van der Waals surface area contributed by atoms with Gasteiger partial charge in [-0.15, -0.1) is 12.3 Å². The molecule has 86 valence electrons. The largest absolute Gasteiger partial charge is 0.308 e. The van der Waals surface area contributed by atoms with Gasteiger partial charge in [0.25, 0.3) is 0 Å². The van der Waals surface area contributed by atoms with Gasteiger partial charge in [-0.25, -0.2) is 0 Å². The predicted molar refractivity (Wildman–Crippen MR) is 71.6 cm³/mol. The molecule has 1 aromatic heterocycles. The fourth-order valence-corrected chi connectivity index (χ4v) is 2.05. The summed E-state index contributed by atoms with van der Waals surface area (Å²) >= 11 is 0. The van der Waals surface area contributed by atoms with Crippen molar-refractivity contribution in [3.63, 3.8) is 0 Å². The van der Waals surface area contributed by atoms with E-state index in [9.17, 15) is 0 Å². The summed E-state index contributed by atoms with van der Waals surface area (Å²) in [5, 5.41) is 5.77. The second kappa shape index (κ2) is 5.47. The van der Waals surface area contributed by atoms with Gasteiger partial charge < -0.3 is 5.32 Å². The van der Waals surface area contributed by atoms with Crippen molar-refractivity contribution < 1.29 is 0 Å². The van der Waals surface area contributed by atoms with Crippen molar-refractivity contribution in [1.82, 2.24) is 10.3 Å². The normalized spacial score (nSPS) is 12.2. The lowest BCUT2D eigenvalue weighted by molar-refractivity contribution is 0.556. The van der Waals surface area contributed by atoms with Gasteiger partial charge in [0.15, 0.2) is 0 Å².